The van der Waals surface area contributed by atoms with E-state index in [0.29, 0.717) is 11.0 Å². The third-order valence-electron chi connectivity index (χ3n) is 6.13. The molecule has 11 nitrogen and oxygen atoms in total. The smallest absolute Gasteiger partial charge is 0.387 e. The van der Waals surface area contributed by atoms with Crippen molar-refractivity contribution < 1.29 is 41.9 Å². The van der Waals surface area contributed by atoms with E-state index in [1.54, 1.807) is 12.3 Å². The number of rotatable bonds is 5. The number of halogens is 2. The van der Waals surface area contributed by atoms with E-state index in [4.69, 9.17) is 24.0 Å². The van der Waals surface area contributed by atoms with Crippen molar-refractivity contribution in [3.05, 3.63) is 54.0 Å². The zero-order valence-corrected chi connectivity index (χ0v) is 19.3. The molecule has 2 aliphatic rings. The van der Waals surface area contributed by atoms with E-state index < -0.39 is 56.2 Å². The van der Waals surface area contributed by atoms with Crippen LogP contribution in [0, 0.1) is 11.6 Å². The van der Waals surface area contributed by atoms with Gasteiger partial charge < -0.3 is 25.3 Å². The minimum atomic E-state index is -4.22. The van der Waals surface area contributed by atoms with Crippen molar-refractivity contribution in [1.29, 1.82) is 0 Å². The van der Waals surface area contributed by atoms with Crippen LogP contribution in [0.15, 0.2) is 36.8 Å². The Balaban J connectivity index is 1.32. The van der Waals surface area contributed by atoms with Gasteiger partial charge in [-0.05, 0) is 31.2 Å². The van der Waals surface area contributed by atoms with Gasteiger partial charge in [0.05, 0.1) is 24.7 Å². The summed E-state index contributed by atoms with van der Waals surface area (Å²) in [5.74, 6) is -1.16. The first-order valence-corrected chi connectivity index (χ1v) is 12.2. The van der Waals surface area contributed by atoms with Crippen LogP contribution in [-0.4, -0.2) is 55.8 Å². The van der Waals surface area contributed by atoms with Gasteiger partial charge in [0.2, 0.25) is 0 Å². The molecule has 1 aromatic carbocycles. The van der Waals surface area contributed by atoms with Gasteiger partial charge in [-0.15, -0.1) is 0 Å². The van der Waals surface area contributed by atoms with E-state index in [9.17, 15) is 23.6 Å². The summed E-state index contributed by atoms with van der Waals surface area (Å²) in [7, 11) is -4.22. The average molecular weight is 512 g/mol. The lowest BCUT2D eigenvalue weighted by molar-refractivity contribution is -0.0951. The van der Waals surface area contributed by atoms with Crippen molar-refractivity contribution >= 4 is 24.7 Å². The van der Waals surface area contributed by atoms with E-state index in [2.05, 4.69) is 9.97 Å². The number of nitrogen functional groups attached to an aromatic ring is 1. The summed E-state index contributed by atoms with van der Waals surface area (Å²) in [6.07, 6.45) is -1.80. The van der Waals surface area contributed by atoms with Crippen LogP contribution in [0.3, 0.4) is 0 Å². The van der Waals surface area contributed by atoms with Crippen LogP contribution in [-0.2, 0) is 22.9 Å². The second kappa shape index (κ2) is 8.86. The fraction of sp³-hybridized carbons (Fsp3) is 0.429. The van der Waals surface area contributed by atoms with Crippen molar-refractivity contribution in [2.24, 2.45) is 0 Å². The molecule has 0 aliphatic carbocycles. The van der Waals surface area contributed by atoms with Gasteiger partial charge in [0.15, 0.2) is 6.23 Å². The SMILES string of the molecule is C[C@@]1(O)[C@H](O)[C@@H](COP2(=O)OCC[C@H](c3cc(F)ccc3F)O2)O[C@H]1n1ccc2c(N)ncnc21. The second-order valence-corrected chi connectivity index (χ2v) is 10.2. The molecule has 35 heavy (non-hydrogen) atoms. The molecule has 6 atom stereocenters. The highest BCUT2D eigenvalue weighted by Gasteiger charge is 2.54. The number of hydrogen-bond acceptors (Lipinski definition) is 10. The number of benzene rings is 1. The number of nitrogens with zero attached hydrogens (tertiary/aromatic N) is 3. The van der Waals surface area contributed by atoms with E-state index in [1.165, 1.54) is 17.8 Å². The Bertz CT molecular complexity index is 1310. The molecule has 0 bridgehead atoms. The summed E-state index contributed by atoms with van der Waals surface area (Å²) in [6.45, 7) is 0.791. The van der Waals surface area contributed by atoms with Gasteiger partial charge in [-0.3, -0.25) is 13.6 Å². The number of ether oxygens (including phenoxy) is 1. The van der Waals surface area contributed by atoms with Crippen LogP contribution in [0.2, 0.25) is 0 Å². The van der Waals surface area contributed by atoms with E-state index in [1.807, 2.05) is 0 Å². The number of anilines is 1. The molecule has 2 saturated heterocycles. The lowest BCUT2D eigenvalue weighted by atomic mass is 9.96. The molecular formula is C21H23F2N4O7P. The van der Waals surface area contributed by atoms with Crippen molar-refractivity contribution in [2.45, 2.75) is 43.5 Å². The van der Waals surface area contributed by atoms with Crippen molar-refractivity contribution in [2.75, 3.05) is 18.9 Å². The lowest BCUT2D eigenvalue weighted by Crippen LogP contribution is -2.44. The van der Waals surface area contributed by atoms with E-state index in [0.717, 1.165) is 18.2 Å². The molecule has 2 aliphatic heterocycles. The molecule has 4 heterocycles. The van der Waals surface area contributed by atoms with Gasteiger partial charge >= 0.3 is 7.82 Å². The third-order valence-corrected chi connectivity index (χ3v) is 7.61. The predicted molar refractivity (Wildman–Crippen MR) is 117 cm³/mol. The van der Waals surface area contributed by atoms with Crippen molar-refractivity contribution in [1.82, 2.24) is 14.5 Å². The Labute approximate surface area is 198 Å². The second-order valence-electron chi connectivity index (χ2n) is 8.54. The summed E-state index contributed by atoms with van der Waals surface area (Å²) in [5, 5.41) is 22.3. The quantitative estimate of drug-likeness (QED) is 0.435. The monoisotopic (exact) mass is 512 g/mol. The van der Waals surface area contributed by atoms with Crippen molar-refractivity contribution in [3.8, 4) is 0 Å². The molecule has 5 rings (SSSR count). The molecule has 2 fully saturated rings. The first-order chi connectivity index (χ1) is 16.6. The lowest BCUT2D eigenvalue weighted by Gasteiger charge is -2.30. The first-order valence-electron chi connectivity index (χ1n) is 10.7. The minimum absolute atomic E-state index is 0.0944. The topological polar surface area (TPSA) is 151 Å². The summed E-state index contributed by atoms with van der Waals surface area (Å²) in [5.41, 5.74) is 4.33. The van der Waals surface area contributed by atoms with Crippen LogP contribution in [0.4, 0.5) is 14.6 Å². The number of phosphoric acid groups is 1. The summed E-state index contributed by atoms with van der Waals surface area (Å²) >= 11 is 0. The highest BCUT2D eigenvalue weighted by Crippen LogP contribution is 2.57. The normalized spacial score (nSPS) is 33.4. The van der Waals surface area contributed by atoms with Gasteiger partial charge in [-0.25, -0.2) is 23.3 Å². The highest BCUT2D eigenvalue weighted by atomic mass is 31.2. The van der Waals surface area contributed by atoms with Gasteiger partial charge in [0.25, 0.3) is 0 Å². The van der Waals surface area contributed by atoms with Gasteiger partial charge in [0.1, 0.15) is 47.2 Å². The Morgan fingerprint density at radius 1 is 1.34 bits per heavy atom. The van der Waals surface area contributed by atoms with Crippen LogP contribution in [0.25, 0.3) is 11.0 Å². The standard InChI is InChI=1S/C21H23F2N4O7P/c1-21(29)17(28)16(33-20(21)27-6-4-12-18(24)25-10-26-19(12)27)9-32-35(30)31-7-5-15(34-35)13-8-11(22)2-3-14(13)23/h2-4,6,8,10,15-17,20,28-29H,5,7,9H2,1H3,(H2,24,25,26)/t15-,16-,17-,20-,21-,35?/m1/s1. The summed E-state index contributed by atoms with van der Waals surface area (Å²) in [6, 6.07) is 4.51. The molecule has 0 radical (unpaired) electrons. The van der Waals surface area contributed by atoms with Crippen LogP contribution < -0.4 is 5.73 Å². The Hall–Kier alpha value is -2.51. The fourth-order valence-corrected chi connectivity index (χ4v) is 5.66. The molecule has 188 valence electrons. The number of fused-ring (bicyclic) bond motifs is 1. The van der Waals surface area contributed by atoms with E-state index in [-0.39, 0.29) is 24.4 Å². The zero-order chi connectivity index (χ0) is 25.0. The zero-order valence-electron chi connectivity index (χ0n) is 18.5. The maximum Gasteiger partial charge on any atom is 0.475 e. The first kappa shape index (κ1) is 24.2. The number of nitrogens with two attached hydrogens (primary N) is 1. The maximum atomic E-state index is 14.2. The summed E-state index contributed by atoms with van der Waals surface area (Å²) in [4.78, 5) is 8.09. The maximum absolute atomic E-state index is 14.2. The largest absolute Gasteiger partial charge is 0.475 e. The van der Waals surface area contributed by atoms with Gasteiger partial charge in [-0.1, -0.05) is 0 Å². The molecule has 0 spiro atoms. The minimum Gasteiger partial charge on any atom is -0.387 e. The number of phosphoric ester groups is 1. The fourth-order valence-electron chi connectivity index (χ4n) is 4.27. The third kappa shape index (κ3) is 4.33. The molecule has 0 saturated carbocycles. The van der Waals surface area contributed by atoms with Crippen LogP contribution in [0.5, 0.6) is 0 Å². The highest BCUT2D eigenvalue weighted by molar-refractivity contribution is 7.48. The van der Waals surface area contributed by atoms with E-state index >= 15 is 0 Å². The van der Waals surface area contributed by atoms with Gasteiger partial charge in [0, 0.05) is 18.2 Å². The summed E-state index contributed by atoms with van der Waals surface area (Å²) < 4.78 is 64.1. The number of aliphatic hydroxyl groups excluding tert-OH is 1. The molecule has 4 N–H and O–H groups in total. The Morgan fingerprint density at radius 3 is 2.94 bits per heavy atom. The number of aromatic nitrogens is 3. The Morgan fingerprint density at radius 2 is 2.14 bits per heavy atom. The van der Waals surface area contributed by atoms with Gasteiger partial charge in [-0.2, -0.15) is 0 Å². The van der Waals surface area contributed by atoms with Crippen LogP contribution in [0.1, 0.15) is 31.2 Å². The average Bonchev–Trinajstić information content (AvgIpc) is 3.34. The number of aliphatic hydroxyl groups is 2. The predicted octanol–water partition coefficient (Wildman–Crippen LogP) is 2.60. The molecule has 2 aromatic heterocycles. The van der Waals surface area contributed by atoms with Crippen molar-refractivity contribution in [3.63, 3.8) is 0 Å². The molecule has 0 amide bonds. The molecule has 3 aromatic rings. The number of hydrogen-bond donors (Lipinski definition) is 3. The van der Waals surface area contributed by atoms with Crippen LogP contribution >= 0.6 is 7.82 Å². The molecule has 14 heteroatoms. The Kier molecular flexibility index (Phi) is 6.12. The molecule has 1 unspecified atom stereocenters. The molecular weight excluding hydrogens is 489 g/mol.